The quantitative estimate of drug-likeness (QED) is 0.450. The van der Waals surface area contributed by atoms with Gasteiger partial charge >= 0.3 is 5.76 Å². The van der Waals surface area contributed by atoms with Gasteiger partial charge in [0.1, 0.15) is 0 Å². The van der Waals surface area contributed by atoms with Crippen LogP contribution in [0.2, 0.25) is 0 Å². The number of ketones is 1. The SMILES string of the molecule is Cn1c(=O)oc2cc(CCCCN3CCC(C(=O)c4ccccc4)CC3)ccc21. The van der Waals surface area contributed by atoms with Crippen LogP contribution in [0.1, 0.15) is 41.6 Å². The summed E-state index contributed by atoms with van der Waals surface area (Å²) in [5.74, 6) is 0.153. The first-order chi connectivity index (χ1) is 14.1. The molecular weight excluding hydrogens is 364 g/mol. The number of unbranched alkanes of at least 4 members (excludes halogenated alkanes) is 1. The number of nitrogens with zero attached hydrogens (tertiary/aromatic N) is 2. The van der Waals surface area contributed by atoms with E-state index < -0.39 is 0 Å². The summed E-state index contributed by atoms with van der Waals surface area (Å²) < 4.78 is 6.81. The van der Waals surface area contributed by atoms with Gasteiger partial charge in [0.25, 0.3) is 0 Å². The first kappa shape index (κ1) is 19.6. The molecule has 1 saturated heterocycles. The highest BCUT2D eigenvalue weighted by molar-refractivity contribution is 5.97. The molecule has 0 N–H and O–H groups in total. The van der Waals surface area contributed by atoms with Gasteiger partial charge in [0.15, 0.2) is 11.4 Å². The predicted octanol–water partition coefficient (Wildman–Crippen LogP) is 4.05. The Morgan fingerprint density at radius 1 is 1.07 bits per heavy atom. The highest BCUT2D eigenvalue weighted by Gasteiger charge is 2.25. The number of carbonyl (C=O) groups is 1. The second-order valence-corrected chi connectivity index (χ2v) is 8.03. The lowest BCUT2D eigenvalue weighted by atomic mass is 9.89. The Morgan fingerprint density at radius 2 is 1.83 bits per heavy atom. The van der Waals surface area contributed by atoms with E-state index in [1.165, 1.54) is 10.1 Å². The average Bonchev–Trinajstić information content (AvgIpc) is 3.05. The molecule has 1 fully saturated rings. The van der Waals surface area contributed by atoms with E-state index in [0.717, 1.165) is 62.8 Å². The van der Waals surface area contributed by atoms with E-state index in [4.69, 9.17) is 4.42 Å². The van der Waals surface area contributed by atoms with Crippen LogP contribution in [0.25, 0.3) is 11.1 Å². The zero-order valence-corrected chi connectivity index (χ0v) is 17.0. The molecule has 4 rings (SSSR count). The van der Waals surface area contributed by atoms with Crippen LogP contribution in [0.4, 0.5) is 0 Å². The molecular formula is C24H28N2O3. The van der Waals surface area contributed by atoms with Crippen molar-refractivity contribution in [2.24, 2.45) is 13.0 Å². The molecule has 0 unspecified atom stereocenters. The van der Waals surface area contributed by atoms with E-state index >= 15 is 0 Å². The summed E-state index contributed by atoms with van der Waals surface area (Å²) in [6.45, 7) is 3.09. The lowest BCUT2D eigenvalue weighted by Crippen LogP contribution is -2.36. The third kappa shape index (κ3) is 4.51. The summed E-state index contributed by atoms with van der Waals surface area (Å²) in [5, 5.41) is 0. The minimum absolute atomic E-state index is 0.168. The molecule has 1 aromatic heterocycles. The van der Waals surface area contributed by atoms with Gasteiger partial charge in [-0.2, -0.15) is 0 Å². The first-order valence-corrected chi connectivity index (χ1v) is 10.5. The average molecular weight is 392 g/mol. The number of piperidine rings is 1. The minimum atomic E-state index is -0.314. The molecule has 0 radical (unpaired) electrons. The van der Waals surface area contributed by atoms with Crippen molar-refractivity contribution in [1.82, 2.24) is 9.47 Å². The number of aromatic nitrogens is 1. The number of hydrogen-bond acceptors (Lipinski definition) is 4. The molecule has 152 valence electrons. The van der Waals surface area contributed by atoms with Crippen molar-refractivity contribution >= 4 is 16.9 Å². The van der Waals surface area contributed by atoms with E-state index in [-0.39, 0.29) is 11.7 Å². The Hall–Kier alpha value is -2.66. The molecule has 0 saturated carbocycles. The number of hydrogen-bond donors (Lipinski definition) is 0. The molecule has 0 bridgehead atoms. The number of aryl methyl sites for hydroxylation is 2. The van der Waals surface area contributed by atoms with Crippen molar-refractivity contribution in [3.63, 3.8) is 0 Å². The largest absolute Gasteiger partial charge is 0.419 e. The third-order valence-corrected chi connectivity index (χ3v) is 6.06. The molecule has 2 aromatic carbocycles. The van der Waals surface area contributed by atoms with Gasteiger partial charge in [-0.1, -0.05) is 36.4 Å². The van der Waals surface area contributed by atoms with Crippen molar-refractivity contribution in [1.29, 1.82) is 0 Å². The Morgan fingerprint density at radius 3 is 2.59 bits per heavy atom. The number of Topliss-reactive ketones (excluding diaryl/α,β-unsaturated/α-hetero) is 1. The number of rotatable bonds is 7. The molecule has 0 atom stereocenters. The molecule has 0 aliphatic carbocycles. The van der Waals surface area contributed by atoms with Crippen LogP contribution in [0.15, 0.2) is 57.7 Å². The van der Waals surface area contributed by atoms with Crippen molar-refractivity contribution in [3.8, 4) is 0 Å². The van der Waals surface area contributed by atoms with Crippen molar-refractivity contribution in [2.45, 2.75) is 32.1 Å². The topological polar surface area (TPSA) is 55.5 Å². The molecule has 1 aliphatic heterocycles. The maximum atomic E-state index is 12.6. The maximum Gasteiger partial charge on any atom is 0.419 e. The normalized spacial score (nSPS) is 15.8. The fourth-order valence-corrected chi connectivity index (χ4v) is 4.26. The van der Waals surface area contributed by atoms with Crippen molar-refractivity contribution < 1.29 is 9.21 Å². The van der Waals surface area contributed by atoms with Crippen LogP contribution in [-0.4, -0.2) is 34.9 Å². The highest BCUT2D eigenvalue weighted by atomic mass is 16.4. The monoisotopic (exact) mass is 392 g/mol. The minimum Gasteiger partial charge on any atom is -0.408 e. The van der Waals surface area contributed by atoms with E-state index in [0.29, 0.717) is 11.4 Å². The Labute approximate surface area is 170 Å². The summed E-state index contributed by atoms with van der Waals surface area (Å²) in [6, 6.07) is 15.7. The molecule has 0 spiro atoms. The van der Waals surface area contributed by atoms with Gasteiger partial charge in [-0.25, -0.2) is 4.79 Å². The molecule has 1 aliphatic rings. The molecule has 3 aromatic rings. The van der Waals surface area contributed by atoms with Gasteiger partial charge in [-0.15, -0.1) is 0 Å². The van der Waals surface area contributed by atoms with E-state index in [1.54, 1.807) is 7.05 Å². The predicted molar refractivity (Wildman–Crippen MR) is 114 cm³/mol. The van der Waals surface area contributed by atoms with Gasteiger partial charge in [-0.05, 0) is 69.4 Å². The number of fused-ring (bicyclic) bond motifs is 1. The smallest absolute Gasteiger partial charge is 0.408 e. The Balaban J connectivity index is 1.20. The molecule has 29 heavy (non-hydrogen) atoms. The van der Waals surface area contributed by atoms with E-state index in [2.05, 4.69) is 11.0 Å². The van der Waals surface area contributed by atoms with Crippen LogP contribution in [0.3, 0.4) is 0 Å². The van der Waals surface area contributed by atoms with Crippen molar-refractivity contribution in [3.05, 3.63) is 70.2 Å². The molecule has 5 nitrogen and oxygen atoms in total. The van der Waals surface area contributed by atoms with Gasteiger partial charge < -0.3 is 9.32 Å². The second kappa shape index (κ2) is 8.78. The van der Waals surface area contributed by atoms with Gasteiger partial charge in [-0.3, -0.25) is 9.36 Å². The molecule has 0 amide bonds. The second-order valence-electron chi connectivity index (χ2n) is 8.03. The zero-order valence-electron chi connectivity index (χ0n) is 17.0. The summed E-state index contributed by atoms with van der Waals surface area (Å²) in [6.07, 6.45) is 5.13. The van der Waals surface area contributed by atoms with Crippen LogP contribution in [0.5, 0.6) is 0 Å². The Bertz CT molecular complexity index is 1030. The zero-order chi connectivity index (χ0) is 20.2. The van der Waals surface area contributed by atoms with E-state index in [9.17, 15) is 9.59 Å². The maximum absolute atomic E-state index is 12.6. The van der Waals surface area contributed by atoms with Crippen LogP contribution in [-0.2, 0) is 13.5 Å². The Kier molecular flexibility index (Phi) is 5.95. The van der Waals surface area contributed by atoms with Gasteiger partial charge in [0, 0.05) is 18.5 Å². The first-order valence-electron chi connectivity index (χ1n) is 10.5. The number of oxazole rings is 1. The summed E-state index contributed by atoms with van der Waals surface area (Å²) in [7, 11) is 1.73. The lowest BCUT2D eigenvalue weighted by Gasteiger charge is -2.31. The van der Waals surface area contributed by atoms with Gasteiger partial charge in [0.05, 0.1) is 5.52 Å². The molecule has 5 heteroatoms. The number of benzene rings is 2. The van der Waals surface area contributed by atoms with E-state index in [1.807, 2.05) is 42.5 Å². The van der Waals surface area contributed by atoms with Gasteiger partial charge in [0.2, 0.25) is 0 Å². The summed E-state index contributed by atoms with van der Waals surface area (Å²) in [4.78, 5) is 26.7. The fraction of sp³-hybridized carbons (Fsp3) is 0.417. The number of carbonyl (C=O) groups excluding carboxylic acids is 1. The van der Waals surface area contributed by atoms with Crippen LogP contribution >= 0.6 is 0 Å². The fourth-order valence-electron chi connectivity index (χ4n) is 4.26. The summed E-state index contributed by atoms with van der Waals surface area (Å²) >= 11 is 0. The standard InChI is InChI=1S/C24H28N2O3/c1-25-21-11-10-18(17-22(21)29-24(25)28)7-5-6-14-26-15-12-20(13-16-26)23(27)19-8-3-2-4-9-19/h2-4,8-11,17,20H,5-7,12-16H2,1H3. The highest BCUT2D eigenvalue weighted by Crippen LogP contribution is 2.22. The third-order valence-electron chi connectivity index (χ3n) is 6.06. The van der Waals surface area contributed by atoms with Crippen LogP contribution < -0.4 is 5.76 Å². The molecule has 2 heterocycles. The summed E-state index contributed by atoms with van der Waals surface area (Å²) in [5.41, 5.74) is 3.56. The van der Waals surface area contributed by atoms with Crippen molar-refractivity contribution in [2.75, 3.05) is 19.6 Å². The van der Waals surface area contributed by atoms with Crippen LogP contribution in [0, 0.1) is 5.92 Å². The number of likely N-dealkylation sites (tertiary alicyclic amines) is 1. The lowest BCUT2D eigenvalue weighted by molar-refractivity contribution is 0.0839.